The van der Waals surface area contributed by atoms with Crippen LogP contribution in [0.3, 0.4) is 0 Å². The lowest BCUT2D eigenvalue weighted by Gasteiger charge is -2.26. The van der Waals surface area contributed by atoms with E-state index in [1.54, 1.807) is 19.1 Å². The van der Waals surface area contributed by atoms with Crippen LogP contribution in [0.1, 0.15) is 29.2 Å². The molecule has 2 aromatic carbocycles. The summed E-state index contributed by atoms with van der Waals surface area (Å²) in [5, 5.41) is 6.56. The molecule has 168 valence electrons. The van der Waals surface area contributed by atoms with Crippen LogP contribution in [0.5, 0.6) is 0 Å². The topological polar surface area (TPSA) is 115 Å². The van der Waals surface area contributed by atoms with E-state index in [9.17, 15) is 17.6 Å². The first-order chi connectivity index (χ1) is 15.4. The van der Waals surface area contributed by atoms with E-state index >= 15 is 0 Å². The van der Waals surface area contributed by atoms with Gasteiger partial charge in [0.2, 0.25) is 21.7 Å². The van der Waals surface area contributed by atoms with Gasteiger partial charge in [-0.2, -0.15) is 9.29 Å². The second-order valence-electron chi connectivity index (χ2n) is 7.17. The lowest BCUT2D eigenvalue weighted by atomic mass is 10.2. The Labute approximate surface area is 184 Å². The standard InChI is InChI=1S/C21H21FN4O5S/c1-14(21-24-19(25-31-21)15-6-8-16(22)9-7-15)23-20(27)17-4-2-3-5-18(17)32(28,29)26-10-12-30-13-11-26/h2-9,14H,10-13H2,1H3,(H,23,27). The van der Waals surface area contributed by atoms with Gasteiger partial charge in [-0.15, -0.1) is 0 Å². The third-order valence-electron chi connectivity index (χ3n) is 4.98. The van der Waals surface area contributed by atoms with Crippen molar-refractivity contribution in [3.05, 3.63) is 65.8 Å². The molecule has 1 aliphatic heterocycles. The van der Waals surface area contributed by atoms with E-state index in [2.05, 4.69) is 15.5 Å². The van der Waals surface area contributed by atoms with E-state index in [0.29, 0.717) is 18.8 Å². The number of sulfonamides is 1. The van der Waals surface area contributed by atoms with Crippen molar-refractivity contribution in [1.29, 1.82) is 0 Å². The van der Waals surface area contributed by atoms with E-state index in [1.807, 2.05) is 0 Å². The van der Waals surface area contributed by atoms with Crippen molar-refractivity contribution >= 4 is 15.9 Å². The van der Waals surface area contributed by atoms with E-state index in [-0.39, 0.29) is 41.1 Å². The van der Waals surface area contributed by atoms with Crippen LogP contribution < -0.4 is 5.32 Å². The van der Waals surface area contributed by atoms with Crippen molar-refractivity contribution in [3.63, 3.8) is 0 Å². The van der Waals surface area contributed by atoms with Crippen LogP contribution in [0.15, 0.2) is 57.9 Å². The van der Waals surface area contributed by atoms with Crippen LogP contribution >= 0.6 is 0 Å². The number of nitrogens with zero attached hydrogens (tertiary/aromatic N) is 3. The average Bonchev–Trinajstić information content (AvgIpc) is 3.30. The first-order valence-electron chi connectivity index (χ1n) is 9.93. The van der Waals surface area contributed by atoms with Gasteiger partial charge < -0.3 is 14.6 Å². The molecule has 1 aromatic heterocycles. The molecule has 4 rings (SSSR count). The van der Waals surface area contributed by atoms with E-state index in [4.69, 9.17) is 9.26 Å². The zero-order chi connectivity index (χ0) is 22.7. The number of ether oxygens (including phenoxy) is 1. The molecule has 9 nitrogen and oxygen atoms in total. The smallest absolute Gasteiger partial charge is 0.253 e. The highest BCUT2D eigenvalue weighted by Crippen LogP contribution is 2.23. The van der Waals surface area contributed by atoms with Crippen molar-refractivity contribution in [2.75, 3.05) is 26.3 Å². The fraction of sp³-hybridized carbons (Fsp3) is 0.286. The van der Waals surface area contributed by atoms with Crippen molar-refractivity contribution < 1.29 is 26.9 Å². The van der Waals surface area contributed by atoms with E-state index < -0.39 is 22.0 Å². The lowest BCUT2D eigenvalue weighted by Crippen LogP contribution is -2.41. The van der Waals surface area contributed by atoms with Gasteiger partial charge in [0.05, 0.1) is 23.7 Å². The Balaban J connectivity index is 1.53. The predicted octanol–water partition coefficient (Wildman–Crippen LogP) is 2.39. The molecular formula is C21H21FN4O5S. The molecule has 1 fully saturated rings. The molecule has 1 unspecified atom stereocenters. The molecule has 0 saturated carbocycles. The second-order valence-corrected chi connectivity index (χ2v) is 9.08. The molecular weight excluding hydrogens is 439 g/mol. The minimum absolute atomic E-state index is 0.0177. The van der Waals surface area contributed by atoms with Gasteiger partial charge in [-0.3, -0.25) is 4.79 Å². The molecule has 1 saturated heterocycles. The molecule has 32 heavy (non-hydrogen) atoms. The Bertz CT molecular complexity index is 1210. The molecule has 3 aromatic rings. The summed E-state index contributed by atoms with van der Waals surface area (Å²) in [6, 6.07) is 10.9. The summed E-state index contributed by atoms with van der Waals surface area (Å²) in [5.41, 5.74) is 0.575. The molecule has 1 aliphatic rings. The van der Waals surface area contributed by atoms with Gasteiger partial charge in [0.25, 0.3) is 5.91 Å². The van der Waals surface area contributed by atoms with Crippen LogP contribution in [0.2, 0.25) is 0 Å². The van der Waals surface area contributed by atoms with Gasteiger partial charge in [0, 0.05) is 18.7 Å². The summed E-state index contributed by atoms with van der Waals surface area (Å²) in [6.07, 6.45) is 0. The van der Waals surface area contributed by atoms with Crippen LogP contribution in [-0.4, -0.2) is 55.1 Å². The zero-order valence-corrected chi connectivity index (χ0v) is 18.0. The van der Waals surface area contributed by atoms with Crippen LogP contribution in [-0.2, 0) is 14.8 Å². The molecule has 1 amide bonds. The number of morpholine rings is 1. The fourth-order valence-electron chi connectivity index (χ4n) is 3.27. The summed E-state index contributed by atoms with van der Waals surface area (Å²) >= 11 is 0. The van der Waals surface area contributed by atoms with Crippen molar-refractivity contribution in [1.82, 2.24) is 19.8 Å². The lowest BCUT2D eigenvalue weighted by molar-refractivity contribution is 0.0729. The third-order valence-corrected chi connectivity index (χ3v) is 6.94. The number of carbonyl (C=O) groups excluding carboxylic acids is 1. The Morgan fingerprint density at radius 3 is 2.53 bits per heavy atom. The van der Waals surface area contributed by atoms with Crippen LogP contribution in [0.25, 0.3) is 11.4 Å². The normalized spacial score (nSPS) is 15.9. The Kier molecular flexibility index (Phi) is 6.31. The summed E-state index contributed by atoms with van der Waals surface area (Å²) in [7, 11) is -3.86. The van der Waals surface area contributed by atoms with Crippen molar-refractivity contribution in [3.8, 4) is 11.4 Å². The van der Waals surface area contributed by atoms with Crippen molar-refractivity contribution in [2.45, 2.75) is 17.9 Å². The fourth-order valence-corrected chi connectivity index (χ4v) is 4.87. The second kappa shape index (κ2) is 9.15. The number of rotatable bonds is 6. The van der Waals surface area contributed by atoms with Crippen LogP contribution in [0.4, 0.5) is 4.39 Å². The van der Waals surface area contributed by atoms with Crippen molar-refractivity contribution in [2.24, 2.45) is 0 Å². The average molecular weight is 460 g/mol. The maximum Gasteiger partial charge on any atom is 0.253 e. The number of benzene rings is 2. The van der Waals surface area contributed by atoms with Gasteiger partial charge >= 0.3 is 0 Å². The molecule has 2 heterocycles. The predicted molar refractivity (Wildman–Crippen MR) is 112 cm³/mol. The quantitative estimate of drug-likeness (QED) is 0.601. The number of halogens is 1. The number of aromatic nitrogens is 2. The number of carbonyl (C=O) groups is 1. The van der Waals surface area contributed by atoms with Gasteiger partial charge in [-0.1, -0.05) is 17.3 Å². The molecule has 11 heteroatoms. The zero-order valence-electron chi connectivity index (χ0n) is 17.2. The molecule has 0 aliphatic carbocycles. The minimum atomic E-state index is -3.86. The number of hydrogen-bond donors (Lipinski definition) is 1. The summed E-state index contributed by atoms with van der Waals surface area (Å²) in [5.74, 6) is -0.599. The van der Waals surface area contributed by atoms with Gasteiger partial charge in [0.1, 0.15) is 11.9 Å². The Hall–Kier alpha value is -3.15. The minimum Gasteiger partial charge on any atom is -0.379 e. The summed E-state index contributed by atoms with van der Waals surface area (Å²) in [6.45, 7) is 2.70. The van der Waals surface area contributed by atoms with Crippen LogP contribution in [0, 0.1) is 5.82 Å². The number of amides is 1. The summed E-state index contributed by atoms with van der Waals surface area (Å²) < 4.78 is 51.0. The molecule has 1 N–H and O–H groups in total. The molecule has 0 spiro atoms. The molecule has 1 atom stereocenters. The van der Waals surface area contributed by atoms with Gasteiger partial charge in [-0.25, -0.2) is 12.8 Å². The first kappa shape index (κ1) is 22.1. The maximum absolute atomic E-state index is 13.1. The Morgan fingerprint density at radius 2 is 1.81 bits per heavy atom. The van der Waals surface area contributed by atoms with Gasteiger partial charge in [0.15, 0.2) is 0 Å². The third kappa shape index (κ3) is 4.54. The van der Waals surface area contributed by atoms with E-state index in [0.717, 1.165) is 0 Å². The maximum atomic E-state index is 13.1. The number of nitrogens with one attached hydrogen (secondary N) is 1. The monoisotopic (exact) mass is 460 g/mol. The highest BCUT2D eigenvalue weighted by atomic mass is 32.2. The highest BCUT2D eigenvalue weighted by molar-refractivity contribution is 7.89. The SMILES string of the molecule is CC(NC(=O)c1ccccc1S(=O)(=O)N1CCOCC1)c1nc(-c2ccc(F)cc2)no1. The molecule has 0 radical (unpaired) electrons. The van der Waals surface area contributed by atoms with Gasteiger partial charge in [-0.05, 0) is 43.3 Å². The highest BCUT2D eigenvalue weighted by Gasteiger charge is 2.30. The first-order valence-corrected chi connectivity index (χ1v) is 11.4. The summed E-state index contributed by atoms with van der Waals surface area (Å²) in [4.78, 5) is 17.1. The van der Waals surface area contributed by atoms with E-state index in [1.165, 1.54) is 40.7 Å². The Morgan fingerprint density at radius 1 is 1.12 bits per heavy atom. The number of hydrogen-bond acceptors (Lipinski definition) is 7. The largest absolute Gasteiger partial charge is 0.379 e. The molecule has 0 bridgehead atoms.